The lowest BCUT2D eigenvalue weighted by molar-refractivity contribution is 0.0932. The van der Waals surface area contributed by atoms with Crippen LogP contribution in [-0.4, -0.2) is 18.8 Å². The van der Waals surface area contributed by atoms with Crippen LogP contribution in [0.1, 0.15) is 28.4 Å². The lowest BCUT2D eigenvalue weighted by Gasteiger charge is -2.26. The first-order valence-electron chi connectivity index (χ1n) is 7.05. The van der Waals surface area contributed by atoms with Crippen molar-refractivity contribution in [1.29, 1.82) is 0 Å². The number of rotatable bonds is 3. The van der Waals surface area contributed by atoms with Gasteiger partial charge in [0.1, 0.15) is 11.6 Å². The van der Waals surface area contributed by atoms with Gasteiger partial charge in [0.15, 0.2) is 0 Å². The first-order chi connectivity index (χ1) is 10.7. The van der Waals surface area contributed by atoms with Crippen molar-refractivity contribution in [1.82, 2.24) is 5.32 Å². The molecule has 22 heavy (non-hydrogen) atoms. The summed E-state index contributed by atoms with van der Waals surface area (Å²) in [6.45, 7) is 0. The van der Waals surface area contributed by atoms with Crippen molar-refractivity contribution in [2.75, 3.05) is 12.9 Å². The van der Waals surface area contributed by atoms with E-state index in [0.717, 1.165) is 22.6 Å². The summed E-state index contributed by atoms with van der Waals surface area (Å²) in [5.41, 5.74) is 1.33. The van der Waals surface area contributed by atoms with Gasteiger partial charge in [0.25, 0.3) is 5.91 Å². The highest BCUT2D eigenvalue weighted by molar-refractivity contribution is 7.99. The third-order valence-electron chi connectivity index (χ3n) is 3.67. The van der Waals surface area contributed by atoms with Gasteiger partial charge in [-0.3, -0.25) is 4.79 Å². The molecular formula is C17H16FNO2S. The van der Waals surface area contributed by atoms with Crippen LogP contribution >= 0.6 is 11.8 Å². The van der Waals surface area contributed by atoms with Gasteiger partial charge in [0.05, 0.1) is 18.7 Å². The molecule has 0 spiro atoms. The van der Waals surface area contributed by atoms with Crippen LogP contribution in [0.4, 0.5) is 4.39 Å². The van der Waals surface area contributed by atoms with E-state index >= 15 is 0 Å². The number of carbonyl (C=O) groups is 1. The number of hydrogen-bond acceptors (Lipinski definition) is 3. The van der Waals surface area contributed by atoms with Crippen molar-refractivity contribution in [2.45, 2.75) is 17.4 Å². The molecule has 2 aromatic rings. The average Bonchev–Trinajstić information content (AvgIpc) is 2.55. The highest BCUT2D eigenvalue weighted by Gasteiger charge is 2.24. The van der Waals surface area contributed by atoms with Crippen LogP contribution in [0.3, 0.4) is 0 Å². The summed E-state index contributed by atoms with van der Waals surface area (Å²) in [6, 6.07) is 11.6. The Bertz CT molecular complexity index is 705. The SMILES string of the molecule is COc1ccccc1C(=O)N[C@H]1CCSc2ccc(F)cc21. The molecule has 114 valence electrons. The van der Waals surface area contributed by atoms with Gasteiger partial charge in [0, 0.05) is 10.6 Å². The average molecular weight is 317 g/mol. The maximum absolute atomic E-state index is 13.5. The highest BCUT2D eigenvalue weighted by Crippen LogP contribution is 2.36. The minimum atomic E-state index is -0.280. The van der Waals surface area contributed by atoms with Crippen molar-refractivity contribution in [3.8, 4) is 5.75 Å². The van der Waals surface area contributed by atoms with Gasteiger partial charge in [-0.1, -0.05) is 12.1 Å². The molecule has 0 saturated carbocycles. The molecule has 0 saturated heterocycles. The standard InChI is InChI=1S/C17H16FNO2S/c1-21-15-5-3-2-4-12(15)17(20)19-14-8-9-22-16-7-6-11(18)10-13(14)16/h2-7,10,14H,8-9H2,1H3,(H,19,20)/t14-/m0/s1. The van der Waals surface area contributed by atoms with Gasteiger partial charge >= 0.3 is 0 Å². The van der Waals surface area contributed by atoms with Gasteiger partial charge in [0.2, 0.25) is 0 Å². The Balaban J connectivity index is 1.85. The minimum absolute atomic E-state index is 0.177. The van der Waals surface area contributed by atoms with E-state index in [2.05, 4.69) is 5.32 Å². The van der Waals surface area contributed by atoms with Gasteiger partial charge in [-0.25, -0.2) is 4.39 Å². The van der Waals surface area contributed by atoms with Crippen LogP contribution < -0.4 is 10.1 Å². The number of carbonyl (C=O) groups excluding carboxylic acids is 1. The molecule has 1 aliphatic rings. The number of thioether (sulfide) groups is 1. The number of fused-ring (bicyclic) bond motifs is 1. The van der Waals surface area contributed by atoms with Crippen LogP contribution in [0.2, 0.25) is 0 Å². The zero-order valence-corrected chi connectivity index (χ0v) is 13.0. The number of para-hydroxylation sites is 1. The first-order valence-corrected chi connectivity index (χ1v) is 8.03. The Morgan fingerprint density at radius 1 is 1.32 bits per heavy atom. The summed E-state index contributed by atoms with van der Waals surface area (Å²) >= 11 is 1.69. The van der Waals surface area contributed by atoms with Gasteiger partial charge in [-0.15, -0.1) is 11.8 Å². The number of nitrogens with one attached hydrogen (secondary N) is 1. The van der Waals surface area contributed by atoms with Crippen LogP contribution in [0.5, 0.6) is 5.75 Å². The Morgan fingerprint density at radius 2 is 2.14 bits per heavy atom. The maximum atomic E-state index is 13.5. The molecule has 3 nitrogen and oxygen atoms in total. The maximum Gasteiger partial charge on any atom is 0.255 e. The van der Waals surface area contributed by atoms with Gasteiger partial charge in [-0.05, 0) is 42.3 Å². The fourth-order valence-electron chi connectivity index (χ4n) is 2.58. The number of ether oxygens (including phenoxy) is 1. The molecule has 0 aromatic heterocycles. The smallest absolute Gasteiger partial charge is 0.255 e. The summed E-state index contributed by atoms with van der Waals surface area (Å²) in [4.78, 5) is 13.5. The van der Waals surface area contributed by atoms with E-state index < -0.39 is 0 Å². The van der Waals surface area contributed by atoms with Crippen molar-refractivity contribution in [3.05, 3.63) is 59.4 Å². The van der Waals surface area contributed by atoms with E-state index in [1.54, 1.807) is 36.0 Å². The molecule has 1 atom stereocenters. The van der Waals surface area contributed by atoms with Crippen LogP contribution in [0, 0.1) is 5.82 Å². The number of benzene rings is 2. The Kier molecular flexibility index (Phi) is 4.34. The van der Waals surface area contributed by atoms with Gasteiger partial charge in [-0.2, -0.15) is 0 Å². The molecule has 0 unspecified atom stereocenters. The molecule has 1 amide bonds. The second-order valence-corrected chi connectivity index (χ2v) is 6.18. The van der Waals surface area contributed by atoms with E-state index in [0.29, 0.717) is 11.3 Å². The van der Waals surface area contributed by atoms with Crippen molar-refractivity contribution in [2.24, 2.45) is 0 Å². The second-order valence-electron chi connectivity index (χ2n) is 5.05. The Hall–Kier alpha value is -2.01. The Labute approximate surface area is 132 Å². The van der Waals surface area contributed by atoms with Gasteiger partial charge < -0.3 is 10.1 Å². The van der Waals surface area contributed by atoms with Crippen molar-refractivity contribution < 1.29 is 13.9 Å². The summed E-state index contributed by atoms with van der Waals surface area (Å²) < 4.78 is 18.7. The zero-order chi connectivity index (χ0) is 15.5. The summed E-state index contributed by atoms with van der Waals surface area (Å²) in [7, 11) is 1.54. The van der Waals surface area contributed by atoms with E-state index in [9.17, 15) is 9.18 Å². The number of methoxy groups -OCH3 is 1. The first kappa shape index (κ1) is 14.9. The molecule has 0 radical (unpaired) electrons. The predicted octanol–water partition coefficient (Wildman–Crippen LogP) is 3.80. The number of amides is 1. The molecule has 1 heterocycles. The fourth-order valence-corrected chi connectivity index (χ4v) is 3.69. The largest absolute Gasteiger partial charge is 0.496 e. The summed E-state index contributed by atoms with van der Waals surface area (Å²) in [5, 5.41) is 2.99. The fraction of sp³-hybridized carbons (Fsp3) is 0.235. The van der Waals surface area contributed by atoms with Crippen molar-refractivity contribution in [3.63, 3.8) is 0 Å². The third kappa shape index (κ3) is 2.95. The zero-order valence-electron chi connectivity index (χ0n) is 12.1. The molecule has 5 heteroatoms. The number of halogens is 1. The molecular weight excluding hydrogens is 301 g/mol. The minimum Gasteiger partial charge on any atom is -0.496 e. The monoisotopic (exact) mass is 317 g/mol. The third-order valence-corrected chi connectivity index (χ3v) is 4.79. The molecule has 2 aromatic carbocycles. The number of hydrogen-bond donors (Lipinski definition) is 1. The molecule has 1 N–H and O–H groups in total. The van der Waals surface area contributed by atoms with E-state index in [1.807, 2.05) is 6.07 Å². The van der Waals surface area contributed by atoms with E-state index in [4.69, 9.17) is 4.74 Å². The summed E-state index contributed by atoms with van der Waals surface area (Å²) in [5.74, 6) is 0.946. The van der Waals surface area contributed by atoms with Crippen LogP contribution in [0.25, 0.3) is 0 Å². The van der Waals surface area contributed by atoms with Crippen LogP contribution in [0.15, 0.2) is 47.4 Å². The lowest BCUT2D eigenvalue weighted by Crippen LogP contribution is -2.31. The molecule has 0 bridgehead atoms. The van der Waals surface area contributed by atoms with Crippen LogP contribution in [-0.2, 0) is 0 Å². The Morgan fingerprint density at radius 3 is 2.95 bits per heavy atom. The normalized spacial score (nSPS) is 16.7. The molecule has 0 fully saturated rings. The predicted molar refractivity (Wildman–Crippen MR) is 84.9 cm³/mol. The molecule has 1 aliphatic heterocycles. The summed E-state index contributed by atoms with van der Waals surface area (Å²) in [6.07, 6.45) is 0.780. The van der Waals surface area contributed by atoms with Crippen molar-refractivity contribution >= 4 is 17.7 Å². The molecule has 0 aliphatic carbocycles. The highest BCUT2D eigenvalue weighted by atomic mass is 32.2. The lowest BCUT2D eigenvalue weighted by atomic mass is 10.0. The quantitative estimate of drug-likeness (QED) is 0.936. The van der Waals surface area contributed by atoms with E-state index in [-0.39, 0.29) is 17.8 Å². The topological polar surface area (TPSA) is 38.3 Å². The second kappa shape index (κ2) is 6.40. The van der Waals surface area contributed by atoms with E-state index in [1.165, 1.54) is 19.2 Å². The molecule has 3 rings (SSSR count).